The third-order valence-electron chi connectivity index (χ3n) is 3.01. The lowest BCUT2D eigenvalue weighted by Crippen LogP contribution is -2.29. The maximum atomic E-state index is 10.7. The van der Waals surface area contributed by atoms with Crippen LogP contribution in [0.15, 0.2) is 18.3 Å². The molecule has 0 aliphatic carbocycles. The summed E-state index contributed by atoms with van der Waals surface area (Å²) < 4.78 is 2.07. The summed E-state index contributed by atoms with van der Waals surface area (Å²) in [6.07, 6.45) is 4.98. The van der Waals surface area contributed by atoms with Gasteiger partial charge in [0, 0.05) is 11.7 Å². The Bertz CT molecular complexity index is 284. The van der Waals surface area contributed by atoms with Crippen LogP contribution in [0.3, 0.4) is 0 Å². The number of carbonyl (C=O) groups excluding carboxylic acids is 1. The molecular weight excluding hydrogens is 162 g/mol. The molecule has 1 rings (SSSR count). The molecular formula is C11H17NO. The lowest BCUT2D eigenvalue weighted by atomic mass is 9.95. The van der Waals surface area contributed by atoms with Crippen LogP contribution in [0.2, 0.25) is 0 Å². The van der Waals surface area contributed by atoms with Crippen molar-refractivity contribution in [3.63, 3.8) is 0 Å². The number of carbonyl (C=O) groups is 1. The molecule has 0 saturated heterocycles. The summed E-state index contributed by atoms with van der Waals surface area (Å²) in [5, 5.41) is 0. The van der Waals surface area contributed by atoms with Crippen molar-refractivity contribution >= 4 is 6.29 Å². The number of nitrogens with zero attached hydrogens (tertiary/aromatic N) is 1. The topological polar surface area (TPSA) is 22.0 Å². The second-order valence-electron chi connectivity index (χ2n) is 3.62. The van der Waals surface area contributed by atoms with E-state index in [9.17, 15) is 4.79 Å². The number of rotatable bonds is 4. The molecule has 0 aromatic carbocycles. The van der Waals surface area contributed by atoms with Gasteiger partial charge in [0.05, 0.1) is 5.69 Å². The number of aldehydes is 1. The van der Waals surface area contributed by atoms with Crippen LogP contribution in [0, 0.1) is 0 Å². The third-order valence-corrected chi connectivity index (χ3v) is 3.01. The second-order valence-corrected chi connectivity index (χ2v) is 3.62. The predicted octanol–water partition coefficient (Wildman–Crippen LogP) is 2.84. The summed E-state index contributed by atoms with van der Waals surface area (Å²) in [7, 11) is 0. The monoisotopic (exact) mass is 179 g/mol. The van der Waals surface area contributed by atoms with E-state index in [-0.39, 0.29) is 5.54 Å². The van der Waals surface area contributed by atoms with Crippen molar-refractivity contribution in [1.29, 1.82) is 0 Å². The highest BCUT2D eigenvalue weighted by Crippen LogP contribution is 2.25. The van der Waals surface area contributed by atoms with E-state index in [1.54, 1.807) is 0 Å². The third kappa shape index (κ3) is 1.67. The number of hydrogen-bond acceptors (Lipinski definition) is 1. The van der Waals surface area contributed by atoms with Crippen molar-refractivity contribution < 1.29 is 4.79 Å². The number of aromatic nitrogens is 1. The molecule has 0 unspecified atom stereocenters. The van der Waals surface area contributed by atoms with Crippen LogP contribution in [-0.4, -0.2) is 10.9 Å². The van der Waals surface area contributed by atoms with Gasteiger partial charge in [-0.05, 0) is 31.9 Å². The van der Waals surface area contributed by atoms with Crippen LogP contribution in [0.1, 0.15) is 44.1 Å². The largest absolute Gasteiger partial charge is 0.340 e. The second kappa shape index (κ2) is 3.77. The lowest BCUT2D eigenvalue weighted by molar-refractivity contribution is 0.110. The standard InChI is InChI=1S/C11H17NO/c1-4-11(3,5-2)12-8-6-7-10(12)9-13/h6-9H,4-5H2,1-3H3. The maximum absolute atomic E-state index is 10.7. The average molecular weight is 179 g/mol. The molecule has 1 aromatic heterocycles. The van der Waals surface area contributed by atoms with Gasteiger partial charge in [-0.15, -0.1) is 0 Å². The van der Waals surface area contributed by atoms with Crippen molar-refractivity contribution in [2.24, 2.45) is 0 Å². The van der Waals surface area contributed by atoms with Gasteiger partial charge in [0.2, 0.25) is 0 Å². The molecule has 0 fully saturated rings. The molecule has 0 bridgehead atoms. The van der Waals surface area contributed by atoms with Crippen LogP contribution in [0.25, 0.3) is 0 Å². The molecule has 0 radical (unpaired) electrons. The Kier molecular flexibility index (Phi) is 2.91. The van der Waals surface area contributed by atoms with Gasteiger partial charge >= 0.3 is 0 Å². The molecule has 0 amide bonds. The molecule has 0 aliphatic rings. The van der Waals surface area contributed by atoms with Crippen molar-refractivity contribution in [2.75, 3.05) is 0 Å². The quantitative estimate of drug-likeness (QED) is 0.651. The Morgan fingerprint density at radius 3 is 2.54 bits per heavy atom. The zero-order valence-electron chi connectivity index (χ0n) is 8.58. The Hall–Kier alpha value is -1.05. The smallest absolute Gasteiger partial charge is 0.166 e. The van der Waals surface area contributed by atoms with Gasteiger partial charge in [-0.2, -0.15) is 0 Å². The fourth-order valence-corrected chi connectivity index (χ4v) is 1.57. The first kappa shape index (κ1) is 10.0. The van der Waals surface area contributed by atoms with Gasteiger partial charge in [0.25, 0.3) is 0 Å². The molecule has 0 atom stereocenters. The average Bonchev–Trinajstić information content (AvgIpc) is 2.65. The highest BCUT2D eigenvalue weighted by molar-refractivity contribution is 5.72. The van der Waals surface area contributed by atoms with E-state index in [0.717, 1.165) is 24.8 Å². The molecule has 0 N–H and O–H groups in total. The maximum Gasteiger partial charge on any atom is 0.166 e. The Balaban J connectivity index is 3.10. The molecule has 1 heterocycles. The van der Waals surface area contributed by atoms with Crippen LogP contribution in [0.4, 0.5) is 0 Å². The minimum absolute atomic E-state index is 0.0831. The summed E-state index contributed by atoms with van der Waals surface area (Å²) in [4.78, 5) is 10.7. The van der Waals surface area contributed by atoms with Gasteiger partial charge in [-0.3, -0.25) is 4.79 Å². The van der Waals surface area contributed by atoms with E-state index in [1.807, 2.05) is 18.3 Å². The van der Waals surface area contributed by atoms with Crippen LogP contribution in [-0.2, 0) is 5.54 Å². The fraction of sp³-hybridized carbons (Fsp3) is 0.545. The molecule has 0 aliphatic heterocycles. The summed E-state index contributed by atoms with van der Waals surface area (Å²) in [6.45, 7) is 6.48. The van der Waals surface area contributed by atoms with E-state index < -0.39 is 0 Å². The van der Waals surface area contributed by atoms with Crippen LogP contribution < -0.4 is 0 Å². The first-order valence-corrected chi connectivity index (χ1v) is 4.81. The Morgan fingerprint density at radius 2 is 2.08 bits per heavy atom. The summed E-state index contributed by atoms with van der Waals surface area (Å²) in [6, 6.07) is 3.78. The van der Waals surface area contributed by atoms with E-state index in [0.29, 0.717) is 0 Å². The normalized spacial score (nSPS) is 11.6. The van der Waals surface area contributed by atoms with E-state index in [2.05, 4.69) is 25.3 Å². The molecule has 0 saturated carbocycles. The molecule has 1 aromatic rings. The van der Waals surface area contributed by atoms with Crippen molar-refractivity contribution in [3.8, 4) is 0 Å². The van der Waals surface area contributed by atoms with E-state index in [1.165, 1.54) is 0 Å². The summed E-state index contributed by atoms with van der Waals surface area (Å²) in [5.74, 6) is 0. The molecule has 2 nitrogen and oxygen atoms in total. The minimum atomic E-state index is 0.0831. The van der Waals surface area contributed by atoms with Gasteiger partial charge in [0.15, 0.2) is 6.29 Å². The van der Waals surface area contributed by atoms with Gasteiger partial charge in [-0.1, -0.05) is 13.8 Å². The molecule has 2 heteroatoms. The van der Waals surface area contributed by atoms with Crippen molar-refractivity contribution in [1.82, 2.24) is 4.57 Å². The van der Waals surface area contributed by atoms with Crippen molar-refractivity contribution in [2.45, 2.75) is 39.2 Å². The first-order valence-electron chi connectivity index (χ1n) is 4.81. The van der Waals surface area contributed by atoms with Crippen LogP contribution in [0.5, 0.6) is 0 Å². The molecule has 0 spiro atoms. The SMILES string of the molecule is CCC(C)(CC)n1cccc1C=O. The number of hydrogen-bond donors (Lipinski definition) is 0. The zero-order valence-corrected chi connectivity index (χ0v) is 8.58. The van der Waals surface area contributed by atoms with E-state index in [4.69, 9.17) is 0 Å². The zero-order chi connectivity index (χ0) is 9.90. The molecule has 13 heavy (non-hydrogen) atoms. The highest BCUT2D eigenvalue weighted by atomic mass is 16.1. The van der Waals surface area contributed by atoms with E-state index >= 15 is 0 Å². The molecule has 72 valence electrons. The van der Waals surface area contributed by atoms with Crippen LogP contribution >= 0.6 is 0 Å². The fourth-order valence-electron chi connectivity index (χ4n) is 1.57. The van der Waals surface area contributed by atoms with Gasteiger partial charge in [-0.25, -0.2) is 0 Å². The van der Waals surface area contributed by atoms with Gasteiger partial charge < -0.3 is 4.57 Å². The Morgan fingerprint density at radius 1 is 1.46 bits per heavy atom. The summed E-state index contributed by atoms with van der Waals surface area (Å²) in [5.41, 5.74) is 0.853. The first-order chi connectivity index (χ1) is 6.18. The minimum Gasteiger partial charge on any atom is -0.340 e. The van der Waals surface area contributed by atoms with Crippen molar-refractivity contribution in [3.05, 3.63) is 24.0 Å². The van der Waals surface area contributed by atoms with Gasteiger partial charge in [0.1, 0.15) is 0 Å². The Labute approximate surface area is 79.6 Å². The lowest BCUT2D eigenvalue weighted by Gasteiger charge is -2.30. The highest BCUT2D eigenvalue weighted by Gasteiger charge is 2.22. The summed E-state index contributed by atoms with van der Waals surface area (Å²) >= 11 is 0. The predicted molar refractivity (Wildman–Crippen MR) is 54.0 cm³/mol.